The molecule has 8 heteroatoms. The molecule has 0 fully saturated rings. The predicted molar refractivity (Wildman–Crippen MR) is 87.3 cm³/mol. The Hall–Kier alpha value is -1.83. The smallest absolute Gasteiger partial charge is 0.317 e. The molecule has 1 aromatic carbocycles. The molecule has 0 saturated heterocycles. The van der Waals surface area contributed by atoms with Gasteiger partial charge in [-0.1, -0.05) is 22.9 Å². The maximum Gasteiger partial charge on any atom is 0.317 e. The molecule has 122 valence electrons. The molecule has 0 atom stereocenters. The topological polar surface area (TPSA) is 62.1 Å². The van der Waals surface area contributed by atoms with E-state index in [1.165, 1.54) is 17.6 Å². The first kappa shape index (κ1) is 16.0. The highest BCUT2D eigenvalue weighted by Crippen LogP contribution is 2.22. The van der Waals surface area contributed by atoms with Gasteiger partial charge >= 0.3 is 5.91 Å². The Morgan fingerprint density at radius 1 is 1.48 bits per heavy atom. The van der Waals surface area contributed by atoms with E-state index in [1.807, 2.05) is 22.8 Å². The number of aromatic nitrogens is 1. The molecule has 0 radical (unpaired) electrons. The Morgan fingerprint density at radius 3 is 3.09 bits per heavy atom. The molecule has 23 heavy (non-hydrogen) atoms. The minimum Gasteiger partial charge on any atom is -0.494 e. The molecule has 6 nitrogen and oxygen atoms in total. The van der Waals surface area contributed by atoms with Crippen molar-refractivity contribution >= 4 is 39.1 Å². The number of hydrogen-bond acceptors (Lipinski definition) is 5. The minimum absolute atomic E-state index is 0.116. The van der Waals surface area contributed by atoms with Gasteiger partial charge in [-0.3, -0.25) is 4.79 Å². The average molecular weight is 355 g/mol. The summed E-state index contributed by atoms with van der Waals surface area (Å²) in [6.07, 6.45) is 1.30. The van der Waals surface area contributed by atoms with Crippen LogP contribution in [0.2, 0.25) is 5.02 Å². The van der Waals surface area contributed by atoms with Crippen LogP contribution in [0.1, 0.15) is 0 Å². The molecule has 0 saturated carbocycles. The van der Waals surface area contributed by atoms with E-state index >= 15 is 0 Å². The van der Waals surface area contributed by atoms with Gasteiger partial charge in [-0.2, -0.15) is 4.99 Å². The second-order valence-electron chi connectivity index (χ2n) is 4.76. The number of fused-ring (bicyclic) bond motifs is 1. The van der Waals surface area contributed by atoms with Gasteiger partial charge in [0.1, 0.15) is 19.5 Å². The summed E-state index contributed by atoms with van der Waals surface area (Å²) < 4.78 is 18.4. The molecule has 1 aliphatic rings. The molecule has 3 rings (SSSR count). The van der Waals surface area contributed by atoms with Crippen molar-refractivity contribution in [2.45, 2.75) is 6.54 Å². The molecule has 0 unspecified atom stereocenters. The van der Waals surface area contributed by atoms with Crippen LogP contribution in [-0.4, -0.2) is 37.4 Å². The lowest BCUT2D eigenvalue weighted by Crippen LogP contribution is -2.21. The van der Waals surface area contributed by atoms with E-state index < -0.39 is 5.91 Å². The fraction of sp³-hybridized carbons (Fsp3) is 0.333. The van der Waals surface area contributed by atoms with E-state index in [4.69, 9.17) is 25.8 Å². The van der Waals surface area contributed by atoms with Crippen LogP contribution in [0.15, 0.2) is 35.2 Å². The molecule has 2 heterocycles. The molecule has 0 spiro atoms. The van der Waals surface area contributed by atoms with Crippen molar-refractivity contribution in [3.05, 3.63) is 40.0 Å². The van der Waals surface area contributed by atoms with Crippen molar-refractivity contribution in [3.8, 4) is 0 Å². The Balaban J connectivity index is 2.05. The Kier molecular flexibility index (Phi) is 5.00. The zero-order valence-corrected chi connectivity index (χ0v) is 14.0. The first-order valence-corrected chi connectivity index (χ1v) is 8.20. The molecule has 1 amide bonds. The Morgan fingerprint density at radius 2 is 2.35 bits per heavy atom. The zero-order valence-electron chi connectivity index (χ0n) is 12.5. The van der Waals surface area contributed by atoms with E-state index in [2.05, 4.69) is 4.99 Å². The third-order valence-corrected chi connectivity index (χ3v) is 4.50. The lowest BCUT2D eigenvalue weighted by Gasteiger charge is -2.12. The molecule has 1 aromatic heterocycles. The van der Waals surface area contributed by atoms with Crippen LogP contribution in [0.3, 0.4) is 0 Å². The van der Waals surface area contributed by atoms with Gasteiger partial charge in [0.05, 0.1) is 16.8 Å². The molecule has 0 N–H and O–H groups in total. The van der Waals surface area contributed by atoms with Crippen molar-refractivity contribution in [2.75, 3.05) is 26.9 Å². The van der Waals surface area contributed by atoms with Gasteiger partial charge in [-0.05, 0) is 18.2 Å². The van der Waals surface area contributed by atoms with Gasteiger partial charge in [-0.25, -0.2) is 0 Å². The van der Waals surface area contributed by atoms with E-state index in [0.29, 0.717) is 36.2 Å². The largest absolute Gasteiger partial charge is 0.494 e. The third-order valence-electron chi connectivity index (χ3n) is 3.22. The number of halogens is 1. The molecular weight excluding hydrogens is 340 g/mol. The number of methoxy groups -OCH3 is 1. The summed E-state index contributed by atoms with van der Waals surface area (Å²) in [7, 11) is 1.63. The standard InChI is InChI=1S/C15H15ClN2O4S/c1-20-5-4-18-11-3-2-10(16)8-13(11)23-15(18)17-14(19)12-9-21-6-7-22-12/h2-3,8-9H,4-7H2,1H3. The third kappa shape index (κ3) is 3.57. The summed E-state index contributed by atoms with van der Waals surface area (Å²) >= 11 is 7.43. The lowest BCUT2D eigenvalue weighted by atomic mass is 10.3. The van der Waals surface area contributed by atoms with Crippen molar-refractivity contribution < 1.29 is 19.0 Å². The fourth-order valence-electron chi connectivity index (χ4n) is 2.15. The summed E-state index contributed by atoms with van der Waals surface area (Å²) in [5.41, 5.74) is 0.956. The van der Waals surface area contributed by atoms with Crippen LogP contribution < -0.4 is 4.80 Å². The van der Waals surface area contributed by atoms with E-state index in [0.717, 1.165) is 10.2 Å². The van der Waals surface area contributed by atoms with Crippen molar-refractivity contribution in [1.29, 1.82) is 0 Å². The number of rotatable bonds is 4. The number of ether oxygens (including phenoxy) is 3. The SMILES string of the molecule is COCCn1c(=NC(=O)C2=COCCO2)sc2cc(Cl)ccc21. The summed E-state index contributed by atoms with van der Waals surface area (Å²) in [5.74, 6) is -0.349. The number of carbonyl (C=O) groups excluding carboxylic acids is 1. The van der Waals surface area contributed by atoms with Crippen molar-refractivity contribution in [3.63, 3.8) is 0 Å². The maximum atomic E-state index is 12.2. The molecule has 2 aromatic rings. The second kappa shape index (κ2) is 7.16. The zero-order chi connectivity index (χ0) is 16.2. The average Bonchev–Trinajstić information content (AvgIpc) is 2.89. The van der Waals surface area contributed by atoms with Gasteiger partial charge in [-0.15, -0.1) is 0 Å². The summed E-state index contributed by atoms with van der Waals surface area (Å²) in [6.45, 7) is 1.88. The molecule has 0 bridgehead atoms. The molecular formula is C15H15ClN2O4S. The van der Waals surface area contributed by atoms with Crippen LogP contribution in [0.5, 0.6) is 0 Å². The van der Waals surface area contributed by atoms with Gasteiger partial charge in [0.25, 0.3) is 0 Å². The lowest BCUT2D eigenvalue weighted by molar-refractivity contribution is -0.119. The Labute approximate surface area is 141 Å². The van der Waals surface area contributed by atoms with E-state index in [-0.39, 0.29) is 5.76 Å². The number of hydrogen-bond donors (Lipinski definition) is 0. The summed E-state index contributed by atoms with van der Waals surface area (Å²) in [5, 5.41) is 0.641. The van der Waals surface area contributed by atoms with Crippen LogP contribution in [0, 0.1) is 0 Å². The minimum atomic E-state index is -0.464. The monoisotopic (exact) mass is 354 g/mol. The van der Waals surface area contributed by atoms with Gasteiger partial charge in [0, 0.05) is 18.7 Å². The van der Waals surface area contributed by atoms with Gasteiger partial charge < -0.3 is 18.8 Å². The number of thiazole rings is 1. The predicted octanol–water partition coefficient (Wildman–Crippen LogP) is 2.32. The number of benzene rings is 1. The van der Waals surface area contributed by atoms with Crippen LogP contribution >= 0.6 is 22.9 Å². The van der Waals surface area contributed by atoms with Crippen LogP contribution in [-0.2, 0) is 25.5 Å². The highest BCUT2D eigenvalue weighted by atomic mass is 35.5. The quantitative estimate of drug-likeness (QED) is 0.845. The van der Waals surface area contributed by atoms with E-state index in [9.17, 15) is 4.79 Å². The highest BCUT2D eigenvalue weighted by Gasteiger charge is 2.15. The van der Waals surface area contributed by atoms with Crippen LogP contribution in [0.25, 0.3) is 10.2 Å². The fourth-order valence-corrected chi connectivity index (χ4v) is 3.48. The van der Waals surface area contributed by atoms with E-state index in [1.54, 1.807) is 7.11 Å². The summed E-state index contributed by atoms with van der Waals surface area (Å²) in [4.78, 5) is 17.0. The number of nitrogens with zero attached hydrogens (tertiary/aromatic N) is 2. The first-order valence-electron chi connectivity index (χ1n) is 7.00. The van der Waals surface area contributed by atoms with Crippen molar-refractivity contribution in [1.82, 2.24) is 4.57 Å². The normalized spacial score (nSPS) is 15.2. The van der Waals surface area contributed by atoms with Crippen molar-refractivity contribution in [2.24, 2.45) is 4.99 Å². The second-order valence-corrected chi connectivity index (χ2v) is 6.20. The number of amides is 1. The molecule has 0 aliphatic carbocycles. The highest BCUT2D eigenvalue weighted by molar-refractivity contribution is 7.16. The molecule has 1 aliphatic heterocycles. The number of carbonyl (C=O) groups is 1. The van der Waals surface area contributed by atoms with Gasteiger partial charge in [0.15, 0.2) is 4.80 Å². The van der Waals surface area contributed by atoms with Crippen LogP contribution in [0.4, 0.5) is 0 Å². The van der Waals surface area contributed by atoms with Gasteiger partial charge in [0.2, 0.25) is 5.76 Å². The maximum absolute atomic E-state index is 12.2. The first-order chi connectivity index (χ1) is 11.2. The summed E-state index contributed by atoms with van der Waals surface area (Å²) in [6, 6.07) is 5.58. The Bertz CT molecular complexity index is 824.